The molecule has 0 spiro atoms. The number of nitrogen functional groups attached to an aromatic ring is 1. The van der Waals surface area contributed by atoms with Gasteiger partial charge in [0.05, 0.1) is 23.9 Å². The van der Waals surface area contributed by atoms with Crippen LogP contribution in [0.2, 0.25) is 0 Å². The Morgan fingerprint density at radius 2 is 2.09 bits per heavy atom. The first-order valence-corrected chi connectivity index (χ1v) is 6.74. The monoisotopic (exact) mass is 310 g/mol. The highest BCUT2D eigenvalue weighted by Crippen LogP contribution is 2.34. The molecule has 0 unspecified atom stereocenters. The number of aliphatic hydroxyl groups is 3. The van der Waals surface area contributed by atoms with E-state index in [4.69, 9.17) is 15.6 Å². The summed E-state index contributed by atoms with van der Waals surface area (Å²) in [6.45, 7) is -0.419. The van der Waals surface area contributed by atoms with Crippen LogP contribution >= 0.6 is 0 Å². The molecule has 4 atom stereocenters. The molecule has 10 nitrogen and oxygen atoms in total. The van der Waals surface area contributed by atoms with E-state index in [0.717, 1.165) is 5.69 Å². The van der Waals surface area contributed by atoms with Crippen LogP contribution in [0, 0.1) is 0 Å². The summed E-state index contributed by atoms with van der Waals surface area (Å²) < 4.78 is 6.74. The summed E-state index contributed by atoms with van der Waals surface area (Å²) in [5.74, 6) is 0.214. The maximum Gasteiger partial charge on any atom is 0.187 e. The average Bonchev–Trinajstić information content (AvgIpc) is 2.98. The number of rotatable bonds is 3. The number of hydrogen-bond donors (Lipinski definition) is 4. The van der Waals surface area contributed by atoms with Gasteiger partial charge in [0, 0.05) is 14.1 Å². The van der Waals surface area contributed by atoms with Crippen molar-refractivity contribution < 1.29 is 20.1 Å². The Bertz CT molecular complexity index is 690. The SMILES string of the molecule is CN(C)c1cnnc2c1c(N)nn2[C@@H]1O[C@H](CO)[C@H](O)[C@@H]1O. The lowest BCUT2D eigenvalue weighted by molar-refractivity contribution is -0.0565. The number of nitrogens with two attached hydrogens (primary N) is 1. The molecule has 120 valence electrons. The molecule has 10 heteroatoms. The van der Waals surface area contributed by atoms with Crippen molar-refractivity contribution in [1.82, 2.24) is 20.0 Å². The van der Waals surface area contributed by atoms with Crippen molar-refractivity contribution in [2.24, 2.45) is 0 Å². The molecule has 1 fully saturated rings. The van der Waals surface area contributed by atoms with Crippen LogP contribution < -0.4 is 10.6 Å². The summed E-state index contributed by atoms with van der Waals surface area (Å²) >= 11 is 0. The van der Waals surface area contributed by atoms with Gasteiger partial charge in [0.15, 0.2) is 17.7 Å². The van der Waals surface area contributed by atoms with Crippen molar-refractivity contribution in [3.05, 3.63) is 6.20 Å². The van der Waals surface area contributed by atoms with Crippen LogP contribution in [0.4, 0.5) is 11.5 Å². The molecule has 3 rings (SSSR count). The third kappa shape index (κ3) is 2.08. The summed E-state index contributed by atoms with van der Waals surface area (Å²) in [5, 5.41) is 41.8. The van der Waals surface area contributed by atoms with E-state index in [1.165, 1.54) is 4.68 Å². The van der Waals surface area contributed by atoms with E-state index in [0.29, 0.717) is 11.0 Å². The topological polar surface area (TPSA) is 143 Å². The molecule has 2 aromatic rings. The van der Waals surface area contributed by atoms with Gasteiger partial charge in [-0.1, -0.05) is 0 Å². The number of aromatic nitrogens is 4. The number of fused-ring (bicyclic) bond motifs is 1. The minimum Gasteiger partial charge on any atom is -0.394 e. The first-order chi connectivity index (χ1) is 10.5. The van der Waals surface area contributed by atoms with Crippen molar-refractivity contribution in [1.29, 1.82) is 0 Å². The molecule has 0 amide bonds. The van der Waals surface area contributed by atoms with E-state index in [9.17, 15) is 10.2 Å². The van der Waals surface area contributed by atoms with Gasteiger partial charge < -0.3 is 30.7 Å². The predicted molar refractivity (Wildman–Crippen MR) is 77.1 cm³/mol. The Labute approximate surface area is 125 Å². The molecule has 2 aromatic heterocycles. The second kappa shape index (κ2) is 5.32. The van der Waals surface area contributed by atoms with Crippen LogP contribution in [-0.4, -0.2) is 74.3 Å². The zero-order chi connectivity index (χ0) is 16.0. The van der Waals surface area contributed by atoms with Crippen LogP contribution in [0.1, 0.15) is 6.23 Å². The fraction of sp³-hybridized carbons (Fsp3) is 0.583. The van der Waals surface area contributed by atoms with Crippen LogP contribution in [0.5, 0.6) is 0 Å². The third-order valence-corrected chi connectivity index (χ3v) is 3.74. The Morgan fingerprint density at radius 3 is 2.68 bits per heavy atom. The molecule has 0 saturated carbocycles. The van der Waals surface area contributed by atoms with E-state index in [2.05, 4.69) is 15.3 Å². The Hall–Kier alpha value is -2.01. The van der Waals surface area contributed by atoms with Crippen molar-refractivity contribution >= 4 is 22.5 Å². The van der Waals surface area contributed by atoms with E-state index >= 15 is 0 Å². The number of anilines is 2. The maximum absolute atomic E-state index is 10.1. The molecular weight excluding hydrogens is 292 g/mol. The minimum absolute atomic E-state index is 0.214. The van der Waals surface area contributed by atoms with Crippen LogP contribution in [0.25, 0.3) is 11.0 Å². The number of nitrogens with zero attached hydrogens (tertiary/aromatic N) is 5. The van der Waals surface area contributed by atoms with Gasteiger partial charge in [-0.3, -0.25) is 0 Å². The van der Waals surface area contributed by atoms with Crippen LogP contribution in [-0.2, 0) is 4.74 Å². The Morgan fingerprint density at radius 1 is 1.36 bits per heavy atom. The lowest BCUT2D eigenvalue weighted by Gasteiger charge is -2.16. The van der Waals surface area contributed by atoms with Crippen LogP contribution in [0.3, 0.4) is 0 Å². The first-order valence-electron chi connectivity index (χ1n) is 6.74. The van der Waals surface area contributed by atoms with E-state index < -0.39 is 31.1 Å². The Kier molecular flexibility index (Phi) is 3.60. The summed E-state index contributed by atoms with van der Waals surface area (Å²) in [6.07, 6.45) is -2.82. The second-order valence-electron chi connectivity index (χ2n) is 5.38. The molecule has 0 aliphatic carbocycles. The molecular formula is C12H18N6O4. The second-order valence-corrected chi connectivity index (χ2v) is 5.38. The van der Waals surface area contributed by atoms with E-state index in [-0.39, 0.29) is 5.82 Å². The number of ether oxygens (including phenoxy) is 1. The number of aliphatic hydroxyl groups excluding tert-OH is 3. The number of hydrogen-bond acceptors (Lipinski definition) is 9. The highest BCUT2D eigenvalue weighted by molar-refractivity contribution is 5.97. The zero-order valence-electron chi connectivity index (χ0n) is 12.2. The van der Waals surface area contributed by atoms with Gasteiger partial charge >= 0.3 is 0 Å². The lowest BCUT2D eigenvalue weighted by atomic mass is 10.1. The highest BCUT2D eigenvalue weighted by atomic mass is 16.6. The van der Waals surface area contributed by atoms with Gasteiger partial charge in [0.25, 0.3) is 0 Å². The van der Waals surface area contributed by atoms with Crippen molar-refractivity contribution in [3.8, 4) is 0 Å². The van der Waals surface area contributed by atoms with Gasteiger partial charge in [-0.25, -0.2) is 4.68 Å². The van der Waals surface area contributed by atoms with Crippen molar-refractivity contribution in [2.75, 3.05) is 31.3 Å². The fourth-order valence-electron chi connectivity index (χ4n) is 2.59. The molecule has 22 heavy (non-hydrogen) atoms. The molecule has 1 aliphatic heterocycles. The summed E-state index contributed by atoms with van der Waals surface area (Å²) in [6, 6.07) is 0. The summed E-state index contributed by atoms with van der Waals surface area (Å²) in [5.41, 5.74) is 7.01. The van der Waals surface area contributed by atoms with Crippen molar-refractivity contribution in [3.63, 3.8) is 0 Å². The first kappa shape index (κ1) is 14.9. The van der Waals surface area contributed by atoms with Gasteiger partial charge in [-0.2, -0.15) is 10.2 Å². The molecule has 1 saturated heterocycles. The van der Waals surface area contributed by atoms with Crippen molar-refractivity contribution in [2.45, 2.75) is 24.5 Å². The Balaban J connectivity index is 2.11. The largest absolute Gasteiger partial charge is 0.394 e. The molecule has 5 N–H and O–H groups in total. The molecule has 0 radical (unpaired) electrons. The van der Waals surface area contributed by atoms with Gasteiger partial charge in [0.1, 0.15) is 18.3 Å². The fourth-order valence-corrected chi connectivity index (χ4v) is 2.59. The smallest absolute Gasteiger partial charge is 0.187 e. The maximum atomic E-state index is 10.1. The molecule has 0 bridgehead atoms. The summed E-state index contributed by atoms with van der Waals surface area (Å²) in [7, 11) is 3.67. The molecule has 0 aromatic carbocycles. The van der Waals surface area contributed by atoms with Crippen LogP contribution in [0.15, 0.2) is 6.20 Å². The average molecular weight is 310 g/mol. The normalized spacial score (nSPS) is 28.4. The molecule has 3 heterocycles. The predicted octanol–water partition coefficient (Wildman–Crippen LogP) is -1.91. The quantitative estimate of drug-likeness (QED) is 0.510. The third-order valence-electron chi connectivity index (χ3n) is 3.74. The highest BCUT2D eigenvalue weighted by Gasteiger charge is 2.44. The standard InChI is InChI=1S/C12H18N6O4/c1-17(2)5-3-14-15-11-7(5)10(13)16-18(11)12-9(21)8(20)6(4-19)22-12/h3,6,8-9,12,19-21H,4H2,1-2H3,(H2,13,16)/t6-,8+,9+,12-/m1/s1. The zero-order valence-corrected chi connectivity index (χ0v) is 12.2. The van der Waals surface area contributed by atoms with Gasteiger partial charge in [0.2, 0.25) is 0 Å². The van der Waals surface area contributed by atoms with Gasteiger partial charge in [-0.05, 0) is 0 Å². The summed E-state index contributed by atoms with van der Waals surface area (Å²) in [4.78, 5) is 1.82. The minimum atomic E-state index is -1.26. The van der Waals surface area contributed by atoms with E-state index in [1.807, 2.05) is 19.0 Å². The van der Waals surface area contributed by atoms with E-state index in [1.54, 1.807) is 6.20 Å². The van der Waals surface area contributed by atoms with Gasteiger partial charge in [-0.15, -0.1) is 5.10 Å². The molecule has 1 aliphatic rings. The lowest BCUT2D eigenvalue weighted by Crippen LogP contribution is -2.33.